The third-order valence-electron chi connectivity index (χ3n) is 3.97. The molecule has 0 amide bonds. The van der Waals surface area contributed by atoms with Crippen LogP contribution in [0.25, 0.3) is 0 Å². The van der Waals surface area contributed by atoms with Crippen LogP contribution >= 0.6 is 0 Å². The SMILES string of the molecule is CCNCc1cc(S(=O)(=O)NCC2(C)CC2)cc(C)c1F. The van der Waals surface area contributed by atoms with Crippen LogP contribution in [0, 0.1) is 18.2 Å². The monoisotopic (exact) mass is 314 g/mol. The van der Waals surface area contributed by atoms with Crippen molar-refractivity contribution in [3.63, 3.8) is 0 Å². The summed E-state index contributed by atoms with van der Waals surface area (Å²) in [6.45, 7) is 7.03. The van der Waals surface area contributed by atoms with Gasteiger partial charge in [0.05, 0.1) is 4.90 Å². The lowest BCUT2D eigenvalue weighted by Crippen LogP contribution is -2.29. The summed E-state index contributed by atoms with van der Waals surface area (Å²) in [5.74, 6) is -0.343. The number of nitrogens with one attached hydrogen (secondary N) is 2. The quantitative estimate of drug-likeness (QED) is 0.812. The van der Waals surface area contributed by atoms with Crippen molar-refractivity contribution >= 4 is 10.0 Å². The van der Waals surface area contributed by atoms with Gasteiger partial charge in [0.15, 0.2) is 0 Å². The predicted molar refractivity (Wildman–Crippen MR) is 81.0 cm³/mol. The molecule has 1 aromatic rings. The number of halogens is 1. The molecule has 0 aromatic heterocycles. The van der Waals surface area contributed by atoms with Gasteiger partial charge in [0.1, 0.15) is 5.82 Å². The van der Waals surface area contributed by atoms with Gasteiger partial charge in [0, 0.05) is 18.7 Å². The van der Waals surface area contributed by atoms with Gasteiger partial charge in [0.25, 0.3) is 0 Å². The zero-order valence-corrected chi connectivity index (χ0v) is 13.6. The number of hydrogen-bond acceptors (Lipinski definition) is 3. The molecule has 2 N–H and O–H groups in total. The summed E-state index contributed by atoms with van der Waals surface area (Å²) in [6.07, 6.45) is 2.09. The molecule has 1 aromatic carbocycles. The molecule has 1 saturated carbocycles. The number of hydrogen-bond donors (Lipinski definition) is 2. The molecule has 0 unspecified atom stereocenters. The summed E-state index contributed by atoms with van der Waals surface area (Å²) in [4.78, 5) is 0.138. The first-order chi connectivity index (χ1) is 9.77. The maximum atomic E-state index is 14.0. The molecule has 2 rings (SSSR count). The van der Waals surface area contributed by atoms with Crippen LogP contribution in [0.5, 0.6) is 0 Å². The van der Waals surface area contributed by atoms with Gasteiger partial charge >= 0.3 is 0 Å². The molecular weight excluding hydrogens is 291 g/mol. The molecule has 118 valence electrons. The largest absolute Gasteiger partial charge is 0.313 e. The summed E-state index contributed by atoms with van der Waals surface area (Å²) in [5.41, 5.74) is 0.827. The van der Waals surface area contributed by atoms with Crippen LogP contribution in [0.1, 0.15) is 37.8 Å². The van der Waals surface area contributed by atoms with E-state index in [4.69, 9.17) is 0 Å². The Morgan fingerprint density at radius 2 is 2.00 bits per heavy atom. The highest BCUT2D eigenvalue weighted by atomic mass is 32.2. The van der Waals surface area contributed by atoms with E-state index in [1.807, 2.05) is 6.92 Å². The minimum atomic E-state index is -3.58. The van der Waals surface area contributed by atoms with E-state index >= 15 is 0 Å². The van der Waals surface area contributed by atoms with E-state index in [1.54, 1.807) is 6.92 Å². The van der Waals surface area contributed by atoms with Crippen LogP contribution in [0.2, 0.25) is 0 Å². The van der Waals surface area contributed by atoms with E-state index in [9.17, 15) is 12.8 Å². The number of benzene rings is 1. The highest BCUT2D eigenvalue weighted by molar-refractivity contribution is 7.89. The van der Waals surface area contributed by atoms with Crippen molar-refractivity contribution in [3.05, 3.63) is 29.1 Å². The normalized spacial score (nSPS) is 17.0. The molecule has 21 heavy (non-hydrogen) atoms. The lowest BCUT2D eigenvalue weighted by molar-refractivity contribution is 0.529. The second-order valence-corrected chi connectivity index (χ2v) is 7.90. The van der Waals surface area contributed by atoms with Gasteiger partial charge in [-0.25, -0.2) is 17.5 Å². The smallest absolute Gasteiger partial charge is 0.240 e. The van der Waals surface area contributed by atoms with Crippen molar-refractivity contribution in [1.82, 2.24) is 10.0 Å². The Labute approximate surface area is 126 Å². The summed E-state index contributed by atoms with van der Waals surface area (Å²) in [7, 11) is -3.58. The zero-order chi connectivity index (χ0) is 15.7. The Morgan fingerprint density at radius 1 is 1.33 bits per heavy atom. The topological polar surface area (TPSA) is 58.2 Å². The maximum Gasteiger partial charge on any atom is 0.240 e. The Bertz CT molecular complexity index is 625. The Morgan fingerprint density at radius 3 is 2.57 bits per heavy atom. The average Bonchev–Trinajstić information content (AvgIpc) is 3.17. The van der Waals surface area contributed by atoms with Crippen molar-refractivity contribution in [3.8, 4) is 0 Å². The molecule has 1 aliphatic rings. The number of aryl methyl sites for hydroxylation is 1. The molecular formula is C15H23FN2O2S. The van der Waals surface area contributed by atoms with Gasteiger partial charge in [-0.2, -0.15) is 0 Å². The Balaban J connectivity index is 2.23. The molecule has 0 atom stereocenters. The molecule has 0 heterocycles. The van der Waals surface area contributed by atoms with Crippen molar-refractivity contribution in [2.75, 3.05) is 13.1 Å². The van der Waals surface area contributed by atoms with Gasteiger partial charge in [-0.1, -0.05) is 13.8 Å². The molecule has 0 radical (unpaired) electrons. The third-order valence-corrected chi connectivity index (χ3v) is 5.35. The molecule has 4 nitrogen and oxygen atoms in total. The van der Waals surface area contributed by atoms with E-state index in [0.717, 1.165) is 12.8 Å². The molecule has 0 spiro atoms. The fourth-order valence-electron chi connectivity index (χ4n) is 2.09. The molecule has 0 bridgehead atoms. The van der Waals surface area contributed by atoms with Crippen LogP contribution in [0.4, 0.5) is 4.39 Å². The summed E-state index contributed by atoms with van der Waals surface area (Å²) in [6, 6.07) is 2.81. The van der Waals surface area contributed by atoms with Gasteiger partial charge < -0.3 is 5.32 Å². The first kappa shape index (κ1) is 16.4. The molecule has 1 aliphatic carbocycles. The van der Waals surface area contributed by atoms with E-state index in [-0.39, 0.29) is 16.1 Å². The molecule has 0 aliphatic heterocycles. The first-order valence-electron chi connectivity index (χ1n) is 7.27. The third kappa shape index (κ3) is 4.02. The van der Waals surface area contributed by atoms with Crippen LogP contribution in [-0.4, -0.2) is 21.5 Å². The van der Waals surface area contributed by atoms with Crippen LogP contribution < -0.4 is 10.0 Å². The van der Waals surface area contributed by atoms with Gasteiger partial charge in [0.2, 0.25) is 10.0 Å². The zero-order valence-electron chi connectivity index (χ0n) is 12.8. The van der Waals surface area contributed by atoms with Gasteiger partial charge in [-0.15, -0.1) is 0 Å². The predicted octanol–water partition coefficient (Wildman–Crippen LogP) is 2.32. The summed E-state index contributed by atoms with van der Waals surface area (Å²) < 4.78 is 41.3. The van der Waals surface area contributed by atoms with E-state index in [2.05, 4.69) is 17.0 Å². The Hall–Kier alpha value is -0.980. The van der Waals surface area contributed by atoms with Crippen LogP contribution in [0.3, 0.4) is 0 Å². The fourth-order valence-corrected chi connectivity index (χ4v) is 3.43. The van der Waals surface area contributed by atoms with Crippen molar-refractivity contribution in [1.29, 1.82) is 0 Å². The number of sulfonamides is 1. The van der Waals surface area contributed by atoms with Crippen molar-refractivity contribution < 1.29 is 12.8 Å². The fraction of sp³-hybridized carbons (Fsp3) is 0.600. The summed E-state index contributed by atoms with van der Waals surface area (Å²) in [5, 5.41) is 3.02. The van der Waals surface area contributed by atoms with Crippen LogP contribution in [0.15, 0.2) is 17.0 Å². The Kier molecular flexibility index (Phi) is 4.70. The van der Waals surface area contributed by atoms with E-state index in [0.29, 0.717) is 30.8 Å². The van der Waals surface area contributed by atoms with Crippen LogP contribution in [-0.2, 0) is 16.6 Å². The van der Waals surface area contributed by atoms with Gasteiger partial charge in [-0.3, -0.25) is 0 Å². The second kappa shape index (κ2) is 6.02. The minimum absolute atomic E-state index is 0.0920. The first-order valence-corrected chi connectivity index (χ1v) is 8.75. The lowest BCUT2D eigenvalue weighted by Gasteiger charge is -2.13. The van der Waals surface area contributed by atoms with Crippen molar-refractivity contribution in [2.24, 2.45) is 5.41 Å². The lowest BCUT2D eigenvalue weighted by atomic mass is 10.1. The average molecular weight is 314 g/mol. The minimum Gasteiger partial charge on any atom is -0.313 e. The maximum absolute atomic E-state index is 14.0. The van der Waals surface area contributed by atoms with E-state index < -0.39 is 10.0 Å². The van der Waals surface area contributed by atoms with E-state index in [1.165, 1.54) is 12.1 Å². The number of rotatable bonds is 7. The highest BCUT2D eigenvalue weighted by Crippen LogP contribution is 2.44. The standard InChI is InChI=1S/C15H23FN2O2S/c1-4-17-9-12-8-13(7-11(2)14(12)16)21(19,20)18-10-15(3)5-6-15/h7-8,17-18H,4-6,9-10H2,1-3H3. The molecule has 0 saturated heterocycles. The summed E-state index contributed by atoms with van der Waals surface area (Å²) >= 11 is 0. The van der Waals surface area contributed by atoms with Gasteiger partial charge in [-0.05, 0) is 49.4 Å². The highest BCUT2D eigenvalue weighted by Gasteiger charge is 2.38. The van der Waals surface area contributed by atoms with Crippen molar-refractivity contribution in [2.45, 2.75) is 45.1 Å². The molecule has 6 heteroatoms. The molecule has 1 fully saturated rings. The second-order valence-electron chi connectivity index (χ2n) is 6.13.